The number of nitrogens with zero attached hydrogens (tertiary/aromatic N) is 3. The van der Waals surface area contributed by atoms with Crippen LogP contribution in [0.3, 0.4) is 0 Å². The quantitative estimate of drug-likeness (QED) is 0.175. The number of benzene rings is 7. The first kappa shape index (κ1) is 28.9. The van der Waals surface area contributed by atoms with Gasteiger partial charge in [-0.3, -0.25) is 0 Å². The zero-order valence-corrected chi connectivity index (χ0v) is 28.0. The van der Waals surface area contributed by atoms with E-state index in [9.17, 15) is 0 Å². The van der Waals surface area contributed by atoms with E-state index in [0.717, 1.165) is 84.1 Å². The molecule has 3 aromatic heterocycles. The number of fused-ring (bicyclic) bond motifs is 9. The summed E-state index contributed by atoms with van der Waals surface area (Å²) in [5.74, 6) is 2.73. The van der Waals surface area contributed by atoms with Gasteiger partial charge in [0.2, 0.25) is 0 Å². The summed E-state index contributed by atoms with van der Waals surface area (Å²) in [6.07, 6.45) is 5.00. The summed E-state index contributed by atoms with van der Waals surface area (Å²) in [5.41, 5.74) is 7.82. The van der Waals surface area contributed by atoms with E-state index in [1.165, 1.54) is 16.2 Å². The van der Waals surface area contributed by atoms with Crippen molar-refractivity contribution in [3.8, 4) is 33.9 Å². The van der Waals surface area contributed by atoms with Crippen LogP contribution in [0.5, 0.6) is 0 Å². The molecule has 0 fully saturated rings. The van der Waals surface area contributed by atoms with E-state index in [1.807, 2.05) is 30.3 Å². The molecular weight excluding hydrogens is 639 g/mol. The van der Waals surface area contributed by atoms with Crippen molar-refractivity contribution in [2.24, 2.45) is 0 Å². The Labute approximate surface area is 298 Å². The van der Waals surface area contributed by atoms with Crippen molar-refractivity contribution in [3.63, 3.8) is 0 Å². The minimum Gasteiger partial charge on any atom is -0.456 e. The molecule has 0 spiro atoms. The lowest BCUT2D eigenvalue weighted by atomic mass is 9.86. The zero-order chi connectivity index (χ0) is 34.2. The van der Waals surface area contributed by atoms with E-state index in [1.54, 1.807) is 0 Å². The second kappa shape index (κ2) is 11.3. The molecule has 10 aromatic rings. The van der Waals surface area contributed by atoms with Crippen LogP contribution in [0.15, 0.2) is 161 Å². The van der Waals surface area contributed by atoms with Gasteiger partial charge in [-0.05, 0) is 75.5 Å². The number of hydrogen-bond donors (Lipinski definition) is 0. The summed E-state index contributed by atoms with van der Waals surface area (Å²) in [7, 11) is 0. The van der Waals surface area contributed by atoms with Gasteiger partial charge >= 0.3 is 0 Å². The summed E-state index contributed by atoms with van der Waals surface area (Å²) >= 11 is 0. The van der Waals surface area contributed by atoms with Gasteiger partial charge in [-0.1, -0.05) is 121 Å². The van der Waals surface area contributed by atoms with Crippen molar-refractivity contribution in [3.05, 3.63) is 169 Å². The Kier molecular flexibility index (Phi) is 6.31. The highest BCUT2D eigenvalue weighted by Gasteiger charge is 2.30. The molecule has 0 N–H and O–H groups in total. The third-order valence-electron chi connectivity index (χ3n) is 10.5. The Morgan fingerprint density at radius 2 is 1.21 bits per heavy atom. The van der Waals surface area contributed by atoms with E-state index >= 15 is 0 Å². The molecule has 0 radical (unpaired) electrons. The smallest absolute Gasteiger partial charge is 0.163 e. The van der Waals surface area contributed by atoms with E-state index < -0.39 is 0 Å². The van der Waals surface area contributed by atoms with Crippen LogP contribution in [0.25, 0.3) is 94.4 Å². The first-order chi connectivity index (χ1) is 25.7. The van der Waals surface area contributed by atoms with Crippen LogP contribution in [0.4, 0.5) is 0 Å². The fourth-order valence-corrected chi connectivity index (χ4v) is 8.00. The molecule has 11 rings (SSSR count). The molecule has 0 saturated heterocycles. The standard InChI is InChI=1S/C47H29N3O2/c1-2-11-29(12-3-1)45-48-46(32-22-24-34-30(26-32)21-20-28-10-4-5-13-33(28)34)50-47(49-45)37-16-9-19-42-44(37)43-35(15-8-18-41(43)52-42)31-23-25-40-38(27-31)36-14-6-7-17-39(36)51-40/h1-15,17-27,37H,16H2. The van der Waals surface area contributed by atoms with Crippen molar-refractivity contribution in [1.82, 2.24) is 15.0 Å². The number of allylic oxidation sites excluding steroid dienone is 1. The maximum atomic E-state index is 6.58. The number of hydrogen-bond acceptors (Lipinski definition) is 5. The largest absolute Gasteiger partial charge is 0.456 e. The van der Waals surface area contributed by atoms with E-state index in [0.29, 0.717) is 11.6 Å². The van der Waals surface area contributed by atoms with Gasteiger partial charge in [-0.15, -0.1) is 0 Å². The molecule has 1 aliphatic rings. The summed E-state index contributed by atoms with van der Waals surface area (Å²) in [5, 5.41) is 8.10. The van der Waals surface area contributed by atoms with Crippen LogP contribution >= 0.6 is 0 Å². The van der Waals surface area contributed by atoms with Gasteiger partial charge in [0.25, 0.3) is 0 Å². The highest BCUT2D eigenvalue weighted by Crippen LogP contribution is 2.45. The fourth-order valence-electron chi connectivity index (χ4n) is 8.00. The van der Waals surface area contributed by atoms with Crippen LogP contribution in [0, 0.1) is 0 Å². The first-order valence-electron chi connectivity index (χ1n) is 17.6. The molecule has 0 amide bonds. The maximum Gasteiger partial charge on any atom is 0.163 e. The molecule has 5 heteroatoms. The number of aromatic nitrogens is 3. The molecule has 52 heavy (non-hydrogen) atoms. The molecule has 7 aromatic carbocycles. The highest BCUT2D eigenvalue weighted by atomic mass is 16.3. The van der Waals surface area contributed by atoms with Gasteiger partial charge < -0.3 is 8.83 Å². The van der Waals surface area contributed by atoms with Crippen LogP contribution in [-0.4, -0.2) is 15.0 Å². The van der Waals surface area contributed by atoms with Crippen LogP contribution < -0.4 is 0 Å². The van der Waals surface area contributed by atoms with E-state index in [-0.39, 0.29) is 5.92 Å². The molecule has 0 aliphatic heterocycles. The van der Waals surface area contributed by atoms with Gasteiger partial charge in [0, 0.05) is 32.8 Å². The summed E-state index contributed by atoms with van der Waals surface area (Å²) < 4.78 is 12.8. The molecule has 0 saturated carbocycles. The Balaban J connectivity index is 1.10. The summed E-state index contributed by atoms with van der Waals surface area (Å²) in [6.45, 7) is 0. The topological polar surface area (TPSA) is 65.0 Å². The summed E-state index contributed by atoms with van der Waals surface area (Å²) in [4.78, 5) is 15.6. The lowest BCUT2D eigenvalue weighted by Crippen LogP contribution is -2.12. The molecule has 0 bridgehead atoms. The predicted octanol–water partition coefficient (Wildman–Crippen LogP) is 12.4. The predicted molar refractivity (Wildman–Crippen MR) is 210 cm³/mol. The second-order valence-corrected chi connectivity index (χ2v) is 13.5. The minimum absolute atomic E-state index is 0.144. The van der Waals surface area contributed by atoms with Gasteiger partial charge in [0.15, 0.2) is 11.6 Å². The Hall–Kier alpha value is -6.85. The molecule has 244 valence electrons. The molecule has 5 nitrogen and oxygen atoms in total. The molecular formula is C47H29N3O2. The Bertz CT molecular complexity index is 3060. The monoisotopic (exact) mass is 667 g/mol. The lowest BCUT2D eigenvalue weighted by molar-refractivity contribution is 0.586. The average Bonchev–Trinajstić information content (AvgIpc) is 3.79. The third kappa shape index (κ3) is 4.53. The first-order valence-corrected chi connectivity index (χ1v) is 17.6. The minimum atomic E-state index is -0.144. The van der Waals surface area contributed by atoms with Crippen LogP contribution in [-0.2, 0) is 0 Å². The van der Waals surface area contributed by atoms with E-state index in [2.05, 4.69) is 127 Å². The Morgan fingerprint density at radius 3 is 2.13 bits per heavy atom. The molecule has 1 atom stereocenters. The third-order valence-corrected chi connectivity index (χ3v) is 10.5. The van der Waals surface area contributed by atoms with Crippen molar-refractivity contribution in [2.45, 2.75) is 12.3 Å². The number of rotatable bonds is 4. The Morgan fingerprint density at radius 1 is 0.481 bits per heavy atom. The van der Waals surface area contributed by atoms with Crippen molar-refractivity contribution in [1.29, 1.82) is 0 Å². The molecule has 1 aliphatic carbocycles. The van der Waals surface area contributed by atoms with Crippen molar-refractivity contribution in [2.75, 3.05) is 0 Å². The van der Waals surface area contributed by atoms with Gasteiger partial charge in [-0.25, -0.2) is 15.0 Å². The second-order valence-electron chi connectivity index (χ2n) is 13.5. The van der Waals surface area contributed by atoms with Crippen LogP contribution in [0.1, 0.15) is 29.5 Å². The zero-order valence-electron chi connectivity index (χ0n) is 28.0. The number of para-hydroxylation sites is 1. The molecule has 1 unspecified atom stereocenters. The van der Waals surface area contributed by atoms with Crippen LogP contribution in [0.2, 0.25) is 0 Å². The lowest BCUT2D eigenvalue weighted by Gasteiger charge is -2.19. The maximum absolute atomic E-state index is 6.58. The van der Waals surface area contributed by atoms with Crippen molar-refractivity contribution >= 4 is 60.5 Å². The SMILES string of the molecule is C1=Cc2oc3cccc(-c4ccc5oc6ccccc6c5c4)c3c2C(c2nc(-c3ccccc3)nc(-c3ccc4c(ccc5ccccc54)c3)n2)C1. The summed E-state index contributed by atoms with van der Waals surface area (Å²) in [6, 6.07) is 50.5. The number of furan rings is 2. The van der Waals surface area contributed by atoms with Crippen molar-refractivity contribution < 1.29 is 8.83 Å². The van der Waals surface area contributed by atoms with Gasteiger partial charge in [0.05, 0.1) is 5.92 Å². The van der Waals surface area contributed by atoms with E-state index in [4.69, 9.17) is 23.8 Å². The normalized spacial score (nSPS) is 14.2. The van der Waals surface area contributed by atoms with Gasteiger partial charge in [0.1, 0.15) is 28.3 Å². The fraction of sp³-hybridized carbons (Fsp3) is 0.0426. The van der Waals surface area contributed by atoms with Gasteiger partial charge in [-0.2, -0.15) is 0 Å². The molecule has 3 heterocycles. The highest BCUT2D eigenvalue weighted by molar-refractivity contribution is 6.09. The average molecular weight is 668 g/mol.